The number of halogens is 1. The van der Waals surface area contributed by atoms with Crippen molar-refractivity contribution in [3.63, 3.8) is 0 Å². The molecular formula is C20H19FN6O3. The molecule has 154 valence electrons. The van der Waals surface area contributed by atoms with E-state index in [9.17, 15) is 9.18 Å². The van der Waals surface area contributed by atoms with E-state index in [-0.39, 0.29) is 18.1 Å². The lowest BCUT2D eigenvalue weighted by Crippen LogP contribution is -2.23. The van der Waals surface area contributed by atoms with Crippen molar-refractivity contribution in [1.29, 1.82) is 0 Å². The van der Waals surface area contributed by atoms with Gasteiger partial charge >= 0.3 is 5.69 Å². The van der Waals surface area contributed by atoms with Crippen LogP contribution in [0.15, 0.2) is 59.5 Å². The molecule has 0 amide bonds. The van der Waals surface area contributed by atoms with Crippen LogP contribution >= 0.6 is 0 Å². The summed E-state index contributed by atoms with van der Waals surface area (Å²) in [4.78, 5) is 12.3. The molecule has 0 aliphatic rings. The second-order valence-electron chi connectivity index (χ2n) is 6.35. The van der Waals surface area contributed by atoms with E-state index >= 15 is 0 Å². The zero-order valence-corrected chi connectivity index (χ0v) is 16.4. The molecule has 0 bridgehead atoms. The van der Waals surface area contributed by atoms with Crippen LogP contribution in [0.1, 0.15) is 12.5 Å². The van der Waals surface area contributed by atoms with E-state index in [1.54, 1.807) is 47.3 Å². The number of ether oxygens (including phenoxy) is 2. The maximum Gasteiger partial charge on any atom is 0.368 e. The summed E-state index contributed by atoms with van der Waals surface area (Å²) in [5, 5.41) is 12.0. The fourth-order valence-corrected chi connectivity index (χ4v) is 2.92. The Morgan fingerprint density at radius 1 is 1.03 bits per heavy atom. The highest BCUT2D eigenvalue weighted by molar-refractivity contribution is 5.49. The van der Waals surface area contributed by atoms with E-state index in [1.807, 2.05) is 6.92 Å². The summed E-state index contributed by atoms with van der Waals surface area (Å²) in [5.41, 5.74) is 1.47. The molecule has 0 aliphatic heterocycles. The van der Waals surface area contributed by atoms with Crippen LogP contribution in [-0.2, 0) is 13.7 Å². The summed E-state index contributed by atoms with van der Waals surface area (Å²) < 4.78 is 28.6. The lowest BCUT2D eigenvalue weighted by molar-refractivity contribution is 0.275. The summed E-state index contributed by atoms with van der Waals surface area (Å²) in [5.74, 6) is 0.621. The van der Waals surface area contributed by atoms with Gasteiger partial charge in [-0.05, 0) is 53.7 Å². The highest BCUT2D eigenvalue weighted by Gasteiger charge is 2.16. The van der Waals surface area contributed by atoms with Crippen molar-refractivity contribution in [2.45, 2.75) is 13.5 Å². The summed E-state index contributed by atoms with van der Waals surface area (Å²) in [7, 11) is 1.52. The summed E-state index contributed by atoms with van der Waals surface area (Å²) in [6.45, 7) is 2.41. The van der Waals surface area contributed by atoms with E-state index in [4.69, 9.17) is 9.47 Å². The summed E-state index contributed by atoms with van der Waals surface area (Å²) in [6.07, 6.45) is 1.71. The summed E-state index contributed by atoms with van der Waals surface area (Å²) in [6, 6.07) is 13.0. The number of hydrogen-bond acceptors (Lipinski definition) is 6. The number of aromatic nitrogens is 6. The van der Waals surface area contributed by atoms with Crippen molar-refractivity contribution in [2.75, 3.05) is 6.61 Å². The van der Waals surface area contributed by atoms with Gasteiger partial charge in [-0.3, -0.25) is 0 Å². The van der Waals surface area contributed by atoms with Gasteiger partial charge in [-0.2, -0.15) is 9.36 Å². The first-order valence-electron chi connectivity index (χ1n) is 9.25. The van der Waals surface area contributed by atoms with Crippen molar-refractivity contribution in [3.8, 4) is 23.0 Å². The Labute approximate surface area is 170 Å². The lowest BCUT2D eigenvalue weighted by atomic mass is 10.1. The maximum atomic E-state index is 13.1. The molecule has 0 unspecified atom stereocenters. The molecular weight excluding hydrogens is 391 g/mol. The molecule has 10 heteroatoms. The zero-order valence-electron chi connectivity index (χ0n) is 16.4. The Balaban J connectivity index is 1.62. The number of benzene rings is 2. The van der Waals surface area contributed by atoms with Gasteiger partial charge in [0, 0.05) is 19.3 Å². The van der Waals surface area contributed by atoms with Crippen LogP contribution in [0.5, 0.6) is 11.6 Å². The number of rotatable bonds is 7. The van der Waals surface area contributed by atoms with Crippen LogP contribution < -0.4 is 15.2 Å². The molecule has 4 rings (SSSR count). The Hall–Kier alpha value is -3.95. The fraction of sp³-hybridized carbons (Fsp3) is 0.200. The first kappa shape index (κ1) is 19.4. The predicted octanol–water partition coefficient (Wildman–Crippen LogP) is 2.27. The third-order valence-electron chi connectivity index (χ3n) is 4.38. The Morgan fingerprint density at radius 3 is 2.53 bits per heavy atom. The molecule has 2 heterocycles. The Kier molecular flexibility index (Phi) is 5.29. The van der Waals surface area contributed by atoms with E-state index in [0.29, 0.717) is 35.2 Å². The minimum atomic E-state index is -0.384. The molecule has 0 saturated carbocycles. The van der Waals surface area contributed by atoms with Gasteiger partial charge in [0.05, 0.1) is 23.5 Å². The molecule has 0 aliphatic carbocycles. The second-order valence-corrected chi connectivity index (χ2v) is 6.35. The van der Waals surface area contributed by atoms with Gasteiger partial charge in [-0.25, -0.2) is 13.9 Å². The van der Waals surface area contributed by atoms with Crippen LogP contribution in [0.3, 0.4) is 0 Å². The zero-order chi connectivity index (χ0) is 21.1. The SMILES string of the molecule is CCOc1cccc(-n2nnn(C)c2=O)c1COc1ccn(-c2ccc(F)cc2)n1. The average Bonchev–Trinajstić information content (AvgIpc) is 3.35. The fourth-order valence-electron chi connectivity index (χ4n) is 2.92. The molecule has 0 saturated heterocycles. The number of aryl methyl sites for hydroxylation is 1. The first-order chi connectivity index (χ1) is 14.6. The van der Waals surface area contributed by atoms with Crippen molar-refractivity contribution in [3.05, 3.63) is 76.6 Å². The maximum absolute atomic E-state index is 13.1. The van der Waals surface area contributed by atoms with Gasteiger partial charge in [0.2, 0.25) is 5.88 Å². The highest BCUT2D eigenvalue weighted by Crippen LogP contribution is 2.26. The minimum Gasteiger partial charge on any atom is -0.493 e. The molecule has 4 aromatic rings. The van der Waals surface area contributed by atoms with Crippen LogP contribution in [0.2, 0.25) is 0 Å². The van der Waals surface area contributed by atoms with E-state index in [2.05, 4.69) is 15.5 Å². The van der Waals surface area contributed by atoms with Crippen molar-refractivity contribution < 1.29 is 13.9 Å². The summed E-state index contributed by atoms with van der Waals surface area (Å²) >= 11 is 0. The number of tetrazole rings is 1. The molecule has 0 spiro atoms. The number of nitrogens with zero attached hydrogens (tertiary/aromatic N) is 6. The second kappa shape index (κ2) is 8.19. The quantitative estimate of drug-likeness (QED) is 0.464. The normalized spacial score (nSPS) is 10.9. The molecule has 0 radical (unpaired) electrons. The van der Waals surface area contributed by atoms with Crippen LogP contribution in [-0.4, -0.2) is 36.2 Å². The van der Waals surface area contributed by atoms with Crippen molar-refractivity contribution >= 4 is 0 Å². The van der Waals surface area contributed by atoms with Gasteiger partial charge in [-0.15, -0.1) is 5.10 Å². The number of hydrogen-bond donors (Lipinski definition) is 0. The molecule has 0 atom stereocenters. The molecule has 0 N–H and O–H groups in total. The van der Waals surface area contributed by atoms with Gasteiger partial charge in [0.15, 0.2) is 0 Å². The molecule has 0 fully saturated rings. The molecule has 2 aromatic carbocycles. The topological polar surface area (TPSA) is 89.0 Å². The van der Waals surface area contributed by atoms with E-state index in [1.165, 1.54) is 23.9 Å². The van der Waals surface area contributed by atoms with E-state index < -0.39 is 0 Å². The van der Waals surface area contributed by atoms with Crippen LogP contribution in [0.4, 0.5) is 4.39 Å². The third-order valence-corrected chi connectivity index (χ3v) is 4.38. The minimum absolute atomic E-state index is 0.0922. The van der Waals surface area contributed by atoms with Gasteiger partial charge in [-0.1, -0.05) is 6.07 Å². The molecule has 2 aromatic heterocycles. The standard InChI is InChI=1S/C20H19FN6O3/c1-3-29-18-6-4-5-17(27-20(28)25(2)23-24-27)16(18)13-30-19-11-12-26(22-19)15-9-7-14(21)8-10-15/h4-12H,3,13H2,1-2H3. The monoisotopic (exact) mass is 410 g/mol. The Morgan fingerprint density at radius 2 is 1.83 bits per heavy atom. The van der Waals surface area contributed by atoms with Crippen LogP contribution in [0.25, 0.3) is 11.4 Å². The molecule has 9 nitrogen and oxygen atoms in total. The van der Waals surface area contributed by atoms with Crippen molar-refractivity contribution in [1.82, 2.24) is 29.6 Å². The first-order valence-corrected chi connectivity index (χ1v) is 9.25. The van der Waals surface area contributed by atoms with Gasteiger partial charge in [0.1, 0.15) is 18.2 Å². The third kappa shape index (κ3) is 3.79. The Bertz CT molecular complexity index is 1210. The van der Waals surface area contributed by atoms with E-state index in [0.717, 1.165) is 4.68 Å². The smallest absolute Gasteiger partial charge is 0.368 e. The average molecular weight is 410 g/mol. The van der Waals surface area contributed by atoms with Crippen molar-refractivity contribution in [2.24, 2.45) is 7.05 Å². The lowest BCUT2D eigenvalue weighted by Gasteiger charge is -2.14. The van der Waals surface area contributed by atoms with Gasteiger partial charge < -0.3 is 9.47 Å². The van der Waals surface area contributed by atoms with Crippen LogP contribution in [0, 0.1) is 5.82 Å². The largest absolute Gasteiger partial charge is 0.493 e. The highest BCUT2D eigenvalue weighted by atomic mass is 19.1. The molecule has 30 heavy (non-hydrogen) atoms. The predicted molar refractivity (Wildman–Crippen MR) is 106 cm³/mol. The van der Waals surface area contributed by atoms with Gasteiger partial charge in [0.25, 0.3) is 0 Å².